The maximum atomic E-state index is 12.6. The molecule has 0 aliphatic heterocycles. The fourth-order valence-electron chi connectivity index (χ4n) is 3.52. The summed E-state index contributed by atoms with van der Waals surface area (Å²) in [5.41, 5.74) is 1.10. The number of nitrogens with one attached hydrogen (secondary N) is 1. The SMILES string of the molecule is COc1cc(OC)c(C(=O)OCc2nc3sc4c(c3c(=O)[nH]2)CCC4)cc1OC. The van der Waals surface area contributed by atoms with Crippen LogP contribution in [0.1, 0.15) is 33.0 Å². The molecule has 1 aliphatic rings. The van der Waals surface area contributed by atoms with Crippen LogP contribution in [-0.4, -0.2) is 37.3 Å². The first kappa shape index (κ1) is 19.3. The van der Waals surface area contributed by atoms with Gasteiger partial charge in [0.1, 0.15) is 28.6 Å². The van der Waals surface area contributed by atoms with Gasteiger partial charge in [0.15, 0.2) is 11.5 Å². The smallest absolute Gasteiger partial charge is 0.342 e. The quantitative estimate of drug-likeness (QED) is 0.617. The summed E-state index contributed by atoms with van der Waals surface area (Å²) in [7, 11) is 4.41. The molecule has 1 N–H and O–H groups in total. The molecule has 0 atom stereocenters. The second-order valence-corrected chi connectivity index (χ2v) is 7.62. The van der Waals surface area contributed by atoms with Crippen molar-refractivity contribution in [2.75, 3.05) is 21.3 Å². The van der Waals surface area contributed by atoms with Gasteiger partial charge in [0.2, 0.25) is 0 Å². The van der Waals surface area contributed by atoms with Crippen molar-refractivity contribution in [2.45, 2.75) is 25.9 Å². The van der Waals surface area contributed by atoms with Crippen molar-refractivity contribution >= 4 is 27.5 Å². The Hall–Kier alpha value is -3.07. The Morgan fingerprint density at radius 1 is 1.10 bits per heavy atom. The molecule has 0 spiro atoms. The lowest BCUT2D eigenvalue weighted by atomic mass is 10.1. The number of aromatic amines is 1. The van der Waals surface area contributed by atoms with Crippen LogP contribution in [0.15, 0.2) is 16.9 Å². The minimum Gasteiger partial charge on any atom is -0.496 e. The number of aromatic nitrogens is 2. The summed E-state index contributed by atoms with van der Waals surface area (Å²) in [5, 5.41) is 0.666. The lowest BCUT2D eigenvalue weighted by Gasteiger charge is -2.13. The molecular formula is C20H20N2O6S. The van der Waals surface area contributed by atoms with Crippen LogP contribution in [0.2, 0.25) is 0 Å². The molecule has 29 heavy (non-hydrogen) atoms. The fourth-order valence-corrected chi connectivity index (χ4v) is 4.80. The van der Waals surface area contributed by atoms with E-state index in [1.807, 2.05) is 0 Å². The summed E-state index contributed by atoms with van der Waals surface area (Å²) in [4.78, 5) is 34.2. The second-order valence-electron chi connectivity index (χ2n) is 6.53. The molecule has 2 aromatic heterocycles. The first-order valence-electron chi connectivity index (χ1n) is 9.06. The number of esters is 1. The number of carbonyl (C=O) groups is 1. The van der Waals surface area contributed by atoms with E-state index in [9.17, 15) is 9.59 Å². The molecule has 0 radical (unpaired) electrons. The van der Waals surface area contributed by atoms with E-state index < -0.39 is 5.97 Å². The Morgan fingerprint density at radius 2 is 1.83 bits per heavy atom. The van der Waals surface area contributed by atoms with Crippen LogP contribution in [0.5, 0.6) is 17.2 Å². The predicted molar refractivity (Wildman–Crippen MR) is 107 cm³/mol. The van der Waals surface area contributed by atoms with E-state index in [-0.39, 0.29) is 17.7 Å². The number of fused-ring (bicyclic) bond motifs is 3. The lowest BCUT2D eigenvalue weighted by molar-refractivity contribution is 0.0458. The molecule has 1 aromatic carbocycles. The normalized spacial score (nSPS) is 12.7. The number of nitrogens with zero attached hydrogens (tertiary/aromatic N) is 1. The molecule has 9 heteroatoms. The summed E-state index contributed by atoms with van der Waals surface area (Å²) < 4.78 is 21.1. The molecular weight excluding hydrogens is 396 g/mol. The van der Waals surface area contributed by atoms with Gasteiger partial charge in [0.05, 0.1) is 26.7 Å². The van der Waals surface area contributed by atoms with Crippen molar-refractivity contribution in [3.63, 3.8) is 0 Å². The average Bonchev–Trinajstić information content (AvgIpc) is 3.31. The van der Waals surface area contributed by atoms with Gasteiger partial charge in [-0.05, 0) is 24.8 Å². The van der Waals surface area contributed by atoms with Crippen LogP contribution < -0.4 is 19.8 Å². The van der Waals surface area contributed by atoms with E-state index >= 15 is 0 Å². The van der Waals surface area contributed by atoms with Crippen molar-refractivity contribution < 1.29 is 23.7 Å². The molecule has 0 saturated carbocycles. The minimum atomic E-state index is -0.626. The summed E-state index contributed by atoms with van der Waals surface area (Å²) >= 11 is 1.54. The molecule has 152 valence electrons. The predicted octanol–water partition coefficient (Wildman–Crippen LogP) is 2.86. The van der Waals surface area contributed by atoms with Crippen LogP contribution >= 0.6 is 11.3 Å². The van der Waals surface area contributed by atoms with Crippen LogP contribution in [0.3, 0.4) is 0 Å². The van der Waals surface area contributed by atoms with Crippen LogP contribution in [0.25, 0.3) is 10.2 Å². The van der Waals surface area contributed by atoms with Crippen molar-refractivity contribution in [2.24, 2.45) is 0 Å². The van der Waals surface area contributed by atoms with Gasteiger partial charge in [0, 0.05) is 17.0 Å². The van der Waals surface area contributed by atoms with Gasteiger partial charge in [-0.2, -0.15) is 0 Å². The van der Waals surface area contributed by atoms with Crippen molar-refractivity contribution in [1.82, 2.24) is 9.97 Å². The van der Waals surface area contributed by atoms with Gasteiger partial charge in [-0.3, -0.25) is 4.79 Å². The molecule has 0 bridgehead atoms. The molecule has 0 unspecified atom stereocenters. The van der Waals surface area contributed by atoms with Crippen molar-refractivity contribution in [3.8, 4) is 17.2 Å². The number of H-pyrrole nitrogens is 1. The van der Waals surface area contributed by atoms with Crippen molar-refractivity contribution in [1.29, 1.82) is 0 Å². The number of aryl methyl sites for hydroxylation is 2. The number of benzene rings is 1. The number of methoxy groups -OCH3 is 3. The molecule has 1 aliphatic carbocycles. The fraction of sp³-hybridized carbons (Fsp3) is 0.350. The Kier molecular flexibility index (Phi) is 5.14. The van der Waals surface area contributed by atoms with Gasteiger partial charge < -0.3 is 23.9 Å². The molecule has 8 nitrogen and oxygen atoms in total. The Morgan fingerprint density at radius 3 is 2.55 bits per heavy atom. The number of hydrogen-bond donors (Lipinski definition) is 1. The molecule has 0 saturated heterocycles. The summed E-state index contributed by atoms with van der Waals surface area (Å²) in [5.74, 6) is 0.776. The topological polar surface area (TPSA) is 99.7 Å². The number of ether oxygens (including phenoxy) is 4. The molecule has 2 heterocycles. The highest BCUT2D eigenvalue weighted by atomic mass is 32.1. The van der Waals surface area contributed by atoms with Crippen LogP contribution in [0.4, 0.5) is 0 Å². The Bertz CT molecular complexity index is 1150. The van der Waals surface area contributed by atoms with Crippen LogP contribution in [0, 0.1) is 0 Å². The average molecular weight is 416 g/mol. The van der Waals surface area contributed by atoms with Crippen molar-refractivity contribution in [3.05, 3.63) is 44.3 Å². The number of thiophene rings is 1. The highest BCUT2D eigenvalue weighted by molar-refractivity contribution is 7.18. The van der Waals surface area contributed by atoms with Gasteiger partial charge >= 0.3 is 5.97 Å². The second kappa shape index (κ2) is 7.75. The summed E-state index contributed by atoms with van der Waals surface area (Å²) in [6.45, 7) is -0.163. The van der Waals surface area contributed by atoms with E-state index in [0.717, 1.165) is 24.8 Å². The first-order chi connectivity index (χ1) is 14.0. The summed E-state index contributed by atoms with van der Waals surface area (Å²) in [6.07, 6.45) is 2.97. The largest absolute Gasteiger partial charge is 0.496 e. The zero-order valence-electron chi connectivity index (χ0n) is 16.3. The number of hydrogen-bond acceptors (Lipinski definition) is 8. The van der Waals surface area contributed by atoms with E-state index in [4.69, 9.17) is 18.9 Å². The molecule has 0 fully saturated rings. The summed E-state index contributed by atoms with van der Waals surface area (Å²) in [6, 6.07) is 3.04. The minimum absolute atomic E-state index is 0.163. The zero-order valence-corrected chi connectivity index (χ0v) is 17.1. The van der Waals surface area contributed by atoms with Crippen LogP contribution in [-0.2, 0) is 24.2 Å². The van der Waals surface area contributed by atoms with E-state index in [2.05, 4.69) is 9.97 Å². The third kappa shape index (κ3) is 3.42. The van der Waals surface area contributed by atoms with E-state index in [1.54, 1.807) is 6.07 Å². The van der Waals surface area contributed by atoms with Gasteiger partial charge in [0.25, 0.3) is 5.56 Å². The maximum Gasteiger partial charge on any atom is 0.342 e. The first-order valence-corrected chi connectivity index (χ1v) is 9.88. The molecule has 3 aromatic rings. The third-order valence-electron chi connectivity index (χ3n) is 4.89. The monoisotopic (exact) mass is 416 g/mol. The Balaban J connectivity index is 1.58. The van der Waals surface area contributed by atoms with E-state index in [1.165, 1.54) is 43.6 Å². The van der Waals surface area contributed by atoms with Gasteiger partial charge in [-0.25, -0.2) is 9.78 Å². The molecule has 4 rings (SSSR count). The lowest BCUT2D eigenvalue weighted by Crippen LogP contribution is -2.15. The highest BCUT2D eigenvalue weighted by Crippen LogP contribution is 2.36. The number of carbonyl (C=O) groups excluding carboxylic acids is 1. The zero-order chi connectivity index (χ0) is 20.5. The standard InChI is InChI=1S/C20H20N2O6S/c1-25-12-8-14(27-3)13(26-2)7-11(12)20(24)28-9-16-21-18(23)17-10-5-4-6-15(10)29-19(17)22-16/h7-8H,4-6,9H2,1-3H3,(H,21,22,23). The maximum absolute atomic E-state index is 12.6. The number of rotatable bonds is 6. The molecule has 0 amide bonds. The Labute approximate surface area is 170 Å². The third-order valence-corrected chi connectivity index (χ3v) is 6.08. The van der Waals surface area contributed by atoms with E-state index in [0.29, 0.717) is 33.3 Å². The highest BCUT2D eigenvalue weighted by Gasteiger charge is 2.22. The van der Waals surface area contributed by atoms with Gasteiger partial charge in [-0.1, -0.05) is 0 Å². The van der Waals surface area contributed by atoms with Gasteiger partial charge in [-0.15, -0.1) is 11.3 Å².